The summed E-state index contributed by atoms with van der Waals surface area (Å²) >= 11 is 0. The molecule has 0 aliphatic heterocycles. The normalized spacial score (nSPS) is 12.7. The van der Waals surface area contributed by atoms with Crippen molar-refractivity contribution < 1.29 is 4.42 Å². The van der Waals surface area contributed by atoms with E-state index in [1.807, 2.05) is 0 Å². The molecule has 13 rings (SSSR count). The van der Waals surface area contributed by atoms with Gasteiger partial charge in [0.25, 0.3) is 0 Å². The highest BCUT2D eigenvalue weighted by molar-refractivity contribution is 6.29. The maximum atomic E-state index is 6.94. The van der Waals surface area contributed by atoms with Gasteiger partial charge < -0.3 is 13.9 Å². The molecule has 2 aromatic heterocycles. The summed E-state index contributed by atoms with van der Waals surface area (Å²) < 4.78 is 9.48. The number of fused-ring (bicyclic) bond motifs is 15. The van der Waals surface area contributed by atoms with Gasteiger partial charge >= 0.3 is 0 Å². The van der Waals surface area contributed by atoms with Gasteiger partial charge in [0.2, 0.25) is 0 Å². The Morgan fingerprint density at radius 1 is 0.443 bits per heavy atom. The van der Waals surface area contributed by atoms with E-state index in [1.165, 1.54) is 65.5 Å². The minimum absolute atomic E-state index is 0.900. The van der Waals surface area contributed by atoms with Crippen LogP contribution in [0.1, 0.15) is 17.5 Å². The van der Waals surface area contributed by atoms with Crippen molar-refractivity contribution >= 4 is 99.2 Å². The lowest BCUT2D eigenvalue weighted by atomic mass is 9.91. The Morgan fingerprint density at radius 2 is 1.02 bits per heavy atom. The molecule has 0 unspecified atom stereocenters. The Labute approximate surface area is 352 Å². The van der Waals surface area contributed by atoms with Crippen molar-refractivity contribution in [2.24, 2.45) is 0 Å². The van der Waals surface area contributed by atoms with Gasteiger partial charge in [-0.15, -0.1) is 0 Å². The topological polar surface area (TPSA) is 21.3 Å². The van der Waals surface area contributed by atoms with Crippen molar-refractivity contribution in [3.05, 3.63) is 211 Å². The fraction of sp³-hybridized carbons (Fsp3) is 0.0345. The van der Waals surface area contributed by atoms with E-state index in [-0.39, 0.29) is 0 Å². The average molecular weight is 779 g/mol. The van der Waals surface area contributed by atoms with Crippen LogP contribution in [0.5, 0.6) is 0 Å². The molecule has 2 heterocycles. The number of nitrogens with zero attached hydrogens (tertiary/aromatic N) is 2. The highest BCUT2D eigenvalue weighted by Gasteiger charge is 2.26. The number of aromatic nitrogens is 1. The molecular formula is C58H38N2O. The highest BCUT2D eigenvalue weighted by Crippen LogP contribution is 2.48. The van der Waals surface area contributed by atoms with Crippen LogP contribution >= 0.6 is 0 Å². The smallest absolute Gasteiger partial charge is 0.145 e. The molecule has 0 N–H and O–H groups in total. The number of para-hydroxylation sites is 3. The van der Waals surface area contributed by atoms with Crippen LogP contribution in [0, 0.1) is 0 Å². The molecule has 0 amide bonds. The van der Waals surface area contributed by atoms with Crippen LogP contribution in [0.25, 0.3) is 99.0 Å². The number of hydrogen-bond acceptors (Lipinski definition) is 2. The Balaban J connectivity index is 1.15. The van der Waals surface area contributed by atoms with E-state index in [2.05, 4.69) is 216 Å². The first-order valence-corrected chi connectivity index (χ1v) is 21.2. The number of benzene rings is 10. The first kappa shape index (κ1) is 34.0. The van der Waals surface area contributed by atoms with Crippen LogP contribution in [0.2, 0.25) is 0 Å². The third kappa shape index (κ3) is 5.11. The van der Waals surface area contributed by atoms with Gasteiger partial charge in [-0.2, -0.15) is 0 Å². The van der Waals surface area contributed by atoms with E-state index in [1.54, 1.807) is 0 Å². The number of furan rings is 1. The van der Waals surface area contributed by atoms with Crippen LogP contribution in [0.3, 0.4) is 0 Å². The molecule has 61 heavy (non-hydrogen) atoms. The van der Waals surface area contributed by atoms with E-state index in [9.17, 15) is 0 Å². The van der Waals surface area contributed by atoms with Crippen LogP contribution in [-0.2, 0) is 6.42 Å². The fourth-order valence-electron chi connectivity index (χ4n) is 10.3. The lowest BCUT2D eigenvalue weighted by Gasteiger charge is -2.25. The second-order valence-corrected chi connectivity index (χ2v) is 16.3. The zero-order valence-electron chi connectivity index (χ0n) is 33.3. The van der Waals surface area contributed by atoms with Crippen molar-refractivity contribution in [1.29, 1.82) is 0 Å². The second-order valence-electron chi connectivity index (χ2n) is 16.3. The fourth-order valence-corrected chi connectivity index (χ4v) is 10.3. The van der Waals surface area contributed by atoms with E-state index >= 15 is 0 Å². The number of aryl methyl sites for hydroxylation is 1. The van der Waals surface area contributed by atoms with Gasteiger partial charge in [-0.25, -0.2) is 0 Å². The van der Waals surface area contributed by atoms with Crippen LogP contribution in [-0.4, -0.2) is 4.57 Å². The summed E-state index contributed by atoms with van der Waals surface area (Å²) in [7, 11) is 0. The Morgan fingerprint density at radius 3 is 1.70 bits per heavy atom. The first-order chi connectivity index (χ1) is 30.3. The molecule has 0 atom stereocenters. The molecule has 0 radical (unpaired) electrons. The summed E-state index contributed by atoms with van der Waals surface area (Å²) in [6.45, 7) is 0. The van der Waals surface area contributed by atoms with Crippen LogP contribution < -0.4 is 4.90 Å². The maximum absolute atomic E-state index is 6.94. The molecule has 0 saturated carbocycles. The van der Waals surface area contributed by atoms with Gasteiger partial charge in [-0.05, 0) is 123 Å². The van der Waals surface area contributed by atoms with Crippen molar-refractivity contribution in [3.63, 3.8) is 0 Å². The summed E-state index contributed by atoms with van der Waals surface area (Å²) in [5.41, 5.74) is 13.6. The van der Waals surface area contributed by atoms with Crippen LogP contribution in [0.15, 0.2) is 205 Å². The zero-order valence-corrected chi connectivity index (χ0v) is 33.3. The van der Waals surface area contributed by atoms with E-state index in [0.717, 1.165) is 68.4 Å². The van der Waals surface area contributed by atoms with Gasteiger partial charge in [-0.3, -0.25) is 0 Å². The standard InChI is InChI=1S/C58H38N2O/c1-3-16-39(17-4-1)59(40-18-5-2-6-19-40)41-29-31-42(32-30-41)60-56-43-20-8-7-15-37(43)27-34-50(56)55-57(60)51(36-53-49-25-13-14-26-54(49)61-58(53)55)38-28-33-48-46-23-10-9-21-44(46)45-22-11-12-24-47(45)52(48)35-38/h1-6,8-14,16-36H,7,15H2. The molecule has 0 saturated heterocycles. The van der Waals surface area contributed by atoms with Crippen molar-refractivity contribution in [2.45, 2.75) is 12.8 Å². The van der Waals surface area contributed by atoms with Crippen molar-refractivity contribution in [1.82, 2.24) is 4.57 Å². The Kier molecular flexibility index (Phi) is 7.43. The molecule has 1 aliphatic rings. The average Bonchev–Trinajstić information content (AvgIpc) is 3.89. The third-order valence-electron chi connectivity index (χ3n) is 13.0. The largest absolute Gasteiger partial charge is 0.455 e. The van der Waals surface area contributed by atoms with Gasteiger partial charge in [0, 0.05) is 50.0 Å². The molecule has 286 valence electrons. The molecule has 3 nitrogen and oxygen atoms in total. The van der Waals surface area contributed by atoms with Crippen LogP contribution in [0.4, 0.5) is 17.1 Å². The first-order valence-electron chi connectivity index (χ1n) is 21.2. The van der Waals surface area contributed by atoms with Gasteiger partial charge in [0.15, 0.2) is 0 Å². The summed E-state index contributed by atoms with van der Waals surface area (Å²) in [6, 6.07) is 70.8. The van der Waals surface area contributed by atoms with Gasteiger partial charge in [-0.1, -0.05) is 140 Å². The highest BCUT2D eigenvalue weighted by atomic mass is 16.3. The molecule has 1 aliphatic carbocycles. The quantitative estimate of drug-likeness (QED) is 0.162. The number of anilines is 3. The molecule has 0 spiro atoms. The monoisotopic (exact) mass is 778 g/mol. The zero-order chi connectivity index (χ0) is 40.0. The van der Waals surface area contributed by atoms with Gasteiger partial charge in [0.1, 0.15) is 11.2 Å². The number of allylic oxidation sites excluding steroid dienone is 1. The Bertz CT molecular complexity index is 3670. The second kappa shape index (κ2) is 13.3. The molecule has 12 aromatic rings. The van der Waals surface area contributed by atoms with E-state index < -0.39 is 0 Å². The number of hydrogen-bond donors (Lipinski definition) is 0. The maximum Gasteiger partial charge on any atom is 0.145 e. The molecule has 10 aromatic carbocycles. The van der Waals surface area contributed by atoms with E-state index in [4.69, 9.17) is 4.42 Å². The van der Waals surface area contributed by atoms with Gasteiger partial charge in [0.05, 0.1) is 16.4 Å². The molecular weight excluding hydrogens is 741 g/mol. The third-order valence-corrected chi connectivity index (χ3v) is 13.0. The Hall–Kier alpha value is -7.88. The predicted molar refractivity (Wildman–Crippen MR) is 258 cm³/mol. The SMILES string of the molecule is C1=Cc2c(ccc3c4c5oc6ccccc6c5cc(-c5ccc6c7ccccc7c7ccccc7c6c5)c4n(-c4ccc(N(c5ccccc5)c5ccccc5)cc4)c23)CC1. The minimum atomic E-state index is 0.900. The number of rotatable bonds is 5. The van der Waals surface area contributed by atoms with Crippen molar-refractivity contribution in [2.75, 3.05) is 4.90 Å². The molecule has 0 bridgehead atoms. The summed E-state index contributed by atoms with van der Waals surface area (Å²) in [5.74, 6) is 0. The lowest BCUT2D eigenvalue weighted by molar-refractivity contribution is 0.673. The predicted octanol–water partition coefficient (Wildman–Crippen LogP) is 16.2. The van der Waals surface area contributed by atoms with Crippen molar-refractivity contribution in [3.8, 4) is 16.8 Å². The van der Waals surface area contributed by atoms with E-state index in [0.29, 0.717) is 0 Å². The summed E-state index contributed by atoms with van der Waals surface area (Å²) in [4.78, 5) is 2.33. The summed E-state index contributed by atoms with van der Waals surface area (Å²) in [6.07, 6.45) is 6.74. The lowest BCUT2D eigenvalue weighted by Crippen LogP contribution is -2.09. The summed E-state index contributed by atoms with van der Waals surface area (Å²) in [5, 5.41) is 12.2. The minimum Gasteiger partial charge on any atom is -0.455 e. The molecule has 3 heteroatoms. The molecule has 0 fully saturated rings.